The molecule has 0 aliphatic carbocycles. The van der Waals surface area contributed by atoms with Gasteiger partial charge in [-0.25, -0.2) is 8.42 Å². The van der Waals surface area contributed by atoms with Gasteiger partial charge in [0.15, 0.2) is 0 Å². The van der Waals surface area contributed by atoms with Crippen LogP contribution in [0.5, 0.6) is 0 Å². The van der Waals surface area contributed by atoms with Crippen LogP contribution in [-0.4, -0.2) is 42.3 Å². The molecule has 0 bridgehead atoms. The predicted octanol–water partition coefficient (Wildman–Crippen LogP) is 4.00. The van der Waals surface area contributed by atoms with Gasteiger partial charge in [-0.3, -0.25) is 0 Å². The Morgan fingerprint density at radius 1 is 1.00 bits per heavy atom. The van der Waals surface area contributed by atoms with Gasteiger partial charge in [0.05, 0.1) is 12.4 Å². The van der Waals surface area contributed by atoms with Crippen LogP contribution in [0.1, 0.15) is 70.7 Å². The minimum atomic E-state index is -3.27. The van der Waals surface area contributed by atoms with Crippen molar-refractivity contribution in [3.63, 3.8) is 0 Å². The van der Waals surface area contributed by atoms with E-state index >= 15 is 0 Å². The highest BCUT2D eigenvalue weighted by Crippen LogP contribution is 2.28. The van der Waals surface area contributed by atoms with Crippen LogP contribution in [0, 0.1) is 11.3 Å². The summed E-state index contributed by atoms with van der Waals surface area (Å²) in [5, 5.41) is 10.2. The fourth-order valence-corrected chi connectivity index (χ4v) is 3.62. The van der Waals surface area contributed by atoms with E-state index in [9.17, 15) is 13.5 Å². The van der Waals surface area contributed by atoms with Gasteiger partial charge >= 0.3 is 0 Å². The van der Waals surface area contributed by atoms with Crippen molar-refractivity contribution in [1.82, 2.24) is 4.31 Å². The molecule has 5 heteroatoms. The molecular formula is C16H41NO3S. The zero-order valence-electron chi connectivity index (χ0n) is 13.0. The van der Waals surface area contributed by atoms with Crippen molar-refractivity contribution < 1.29 is 13.5 Å². The zero-order chi connectivity index (χ0) is 14.9. The number of sulfonamides is 1. The summed E-state index contributed by atoms with van der Waals surface area (Å²) in [6.45, 7) is 13.7. The highest BCUT2D eigenvalue weighted by Gasteiger charge is 2.35. The number of hydrogen-bond donors (Lipinski definition) is 1. The molecule has 1 N–H and O–H groups in total. The van der Waals surface area contributed by atoms with E-state index in [1.807, 2.05) is 48.5 Å². The lowest BCUT2D eigenvalue weighted by Crippen LogP contribution is -2.49. The Labute approximate surface area is 135 Å². The van der Waals surface area contributed by atoms with E-state index < -0.39 is 21.7 Å². The Balaban J connectivity index is -0.000000482. The first-order valence-corrected chi connectivity index (χ1v) is 8.18. The highest BCUT2D eigenvalue weighted by atomic mass is 32.2. The van der Waals surface area contributed by atoms with Crippen LogP contribution >= 0.6 is 0 Å². The van der Waals surface area contributed by atoms with E-state index in [0.29, 0.717) is 6.54 Å². The quantitative estimate of drug-likeness (QED) is 0.849. The predicted molar refractivity (Wildman–Crippen MR) is 96.1 cm³/mol. The van der Waals surface area contributed by atoms with Gasteiger partial charge in [0, 0.05) is 12.1 Å². The van der Waals surface area contributed by atoms with Crippen molar-refractivity contribution >= 4 is 10.0 Å². The van der Waals surface area contributed by atoms with Crippen LogP contribution in [0.3, 0.4) is 0 Å². The third kappa shape index (κ3) is 9.48. The molecule has 2 unspecified atom stereocenters. The number of rotatable bonds is 4. The molecule has 0 aliphatic heterocycles. The van der Waals surface area contributed by atoms with E-state index in [2.05, 4.69) is 0 Å². The lowest BCUT2D eigenvalue weighted by Gasteiger charge is -2.38. The lowest BCUT2D eigenvalue weighted by molar-refractivity contribution is 0.00675. The summed E-state index contributed by atoms with van der Waals surface area (Å²) >= 11 is 0. The first-order chi connectivity index (χ1) is 7.67. The van der Waals surface area contributed by atoms with E-state index in [4.69, 9.17) is 0 Å². The molecule has 4 nitrogen and oxygen atoms in total. The summed E-state index contributed by atoms with van der Waals surface area (Å²) < 4.78 is 25.1. The largest absolute Gasteiger partial charge is 0.392 e. The molecule has 21 heavy (non-hydrogen) atoms. The monoisotopic (exact) mass is 327 g/mol. The normalized spacial score (nSPS) is 15.3. The van der Waals surface area contributed by atoms with Gasteiger partial charge < -0.3 is 5.11 Å². The third-order valence-electron chi connectivity index (χ3n) is 3.03. The molecule has 0 amide bonds. The van der Waals surface area contributed by atoms with Gasteiger partial charge in [-0.05, 0) is 32.1 Å². The van der Waals surface area contributed by atoms with E-state index in [-0.39, 0.29) is 33.6 Å². The molecule has 0 heterocycles. The Bertz CT molecular complexity index is 364. The highest BCUT2D eigenvalue weighted by molar-refractivity contribution is 7.88. The molecule has 0 radical (unpaired) electrons. The second-order valence-corrected chi connectivity index (χ2v) is 9.16. The van der Waals surface area contributed by atoms with Gasteiger partial charge in [-0.15, -0.1) is 0 Å². The number of aliphatic hydroxyl groups excluding tert-OH is 1. The summed E-state index contributed by atoms with van der Waals surface area (Å²) in [7, 11) is -3.27. The van der Waals surface area contributed by atoms with Crippen LogP contribution in [0.4, 0.5) is 0 Å². The second-order valence-electron chi connectivity index (χ2n) is 7.25. The van der Waals surface area contributed by atoms with Crippen LogP contribution in [0.25, 0.3) is 0 Å². The maximum absolute atomic E-state index is 11.8. The average molecular weight is 328 g/mol. The van der Waals surface area contributed by atoms with E-state index in [0.717, 1.165) is 0 Å². The Kier molecular flexibility index (Phi) is 12.6. The number of nitrogens with zero attached hydrogens (tertiary/aromatic N) is 1. The fraction of sp³-hybridized carbons (Fsp3) is 1.00. The van der Waals surface area contributed by atoms with E-state index in [1.54, 1.807) is 0 Å². The van der Waals surface area contributed by atoms with Gasteiger partial charge in [0.1, 0.15) is 0 Å². The maximum Gasteiger partial charge on any atom is 0.211 e. The minimum Gasteiger partial charge on any atom is -0.392 e. The molecule has 0 aromatic heterocycles. The van der Waals surface area contributed by atoms with Crippen molar-refractivity contribution in [3.05, 3.63) is 0 Å². The molecule has 0 rings (SSSR count). The molecule has 0 fully saturated rings. The number of hydrogen-bond acceptors (Lipinski definition) is 3. The molecule has 2 atom stereocenters. The van der Waals surface area contributed by atoms with Crippen LogP contribution in [-0.2, 0) is 10.0 Å². The minimum absolute atomic E-state index is 0. The lowest BCUT2D eigenvalue weighted by atomic mass is 9.82. The topological polar surface area (TPSA) is 57.6 Å². The third-order valence-corrected chi connectivity index (χ3v) is 4.53. The van der Waals surface area contributed by atoms with E-state index in [1.165, 1.54) is 10.6 Å². The van der Waals surface area contributed by atoms with Gasteiger partial charge in [0.25, 0.3) is 0 Å². The summed E-state index contributed by atoms with van der Waals surface area (Å²) in [5.74, 6) is -0.112. The maximum atomic E-state index is 11.8. The van der Waals surface area contributed by atoms with Crippen LogP contribution < -0.4 is 0 Å². The molecule has 0 aromatic carbocycles. The molecule has 0 saturated heterocycles. The summed E-state index contributed by atoms with van der Waals surface area (Å²) in [6, 6.07) is 0. The summed E-state index contributed by atoms with van der Waals surface area (Å²) in [5.41, 5.74) is -0.722. The van der Waals surface area contributed by atoms with Crippen molar-refractivity contribution in [2.45, 2.75) is 82.4 Å². The fourth-order valence-electron chi connectivity index (χ4n) is 2.12. The van der Waals surface area contributed by atoms with Crippen molar-refractivity contribution in [2.75, 3.05) is 12.8 Å². The van der Waals surface area contributed by atoms with Crippen molar-refractivity contribution in [2.24, 2.45) is 11.3 Å². The van der Waals surface area contributed by atoms with Gasteiger partial charge in [-0.1, -0.05) is 50.0 Å². The SMILES string of the molecule is C.C.C.CC(CN(C(C)(C)C)S(C)(=O)=O)C(O)C(C)(C)C. The molecular weight excluding hydrogens is 286 g/mol. The van der Waals surface area contributed by atoms with Gasteiger partial charge in [-0.2, -0.15) is 4.31 Å². The first kappa shape index (κ1) is 29.0. The number of aliphatic hydroxyl groups is 1. The molecule has 0 aromatic rings. The van der Waals surface area contributed by atoms with Crippen molar-refractivity contribution in [1.29, 1.82) is 0 Å². The molecule has 0 saturated carbocycles. The summed E-state index contributed by atoms with van der Waals surface area (Å²) in [4.78, 5) is 0. The van der Waals surface area contributed by atoms with Crippen LogP contribution in [0.2, 0.25) is 0 Å². The van der Waals surface area contributed by atoms with Gasteiger partial charge in [0.2, 0.25) is 10.0 Å². The Morgan fingerprint density at radius 3 is 1.52 bits per heavy atom. The standard InChI is InChI=1S/C13H29NO3S.3CH4/c1-10(11(15)12(2,3)4)9-14(13(5,6)7)18(8,16)17;;;/h10-11,15H,9H2,1-8H3;3*1H4. The summed E-state index contributed by atoms with van der Waals surface area (Å²) in [6.07, 6.45) is 0.679. The van der Waals surface area contributed by atoms with Crippen LogP contribution in [0.15, 0.2) is 0 Å². The second kappa shape index (κ2) is 9.11. The zero-order valence-corrected chi connectivity index (χ0v) is 13.8. The molecule has 134 valence electrons. The average Bonchev–Trinajstić information content (AvgIpc) is 2.07. The van der Waals surface area contributed by atoms with Crippen molar-refractivity contribution in [3.8, 4) is 0 Å². The first-order valence-electron chi connectivity index (χ1n) is 6.33. The Hall–Kier alpha value is -0.130. The Morgan fingerprint density at radius 2 is 1.33 bits per heavy atom. The molecule has 0 aliphatic rings. The molecule has 0 spiro atoms. The smallest absolute Gasteiger partial charge is 0.211 e.